The number of nitrogens with zero attached hydrogens (tertiary/aromatic N) is 3. The van der Waals surface area contributed by atoms with Crippen LogP contribution in [0, 0.1) is 0 Å². The molecule has 0 spiro atoms. The van der Waals surface area contributed by atoms with Crippen molar-refractivity contribution < 1.29 is 4.79 Å². The zero-order valence-electron chi connectivity index (χ0n) is 14.4. The molecule has 1 aliphatic heterocycles. The lowest BCUT2D eigenvalue weighted by Crippen LogP contribution is -2.48. The topological polar surface area (TPSA) is 28.5 Å². The molecule has 2 aromatic heterocycles. The summed E-state index contributed by atoms with van der Waals surface area (Å²) >= 11 is 1.63. The summed E-state index contributed by atoms with van der Waals surface area (Å²) in [5, 5.41) is 1.19. The Morgan fingerprint density at radius 1 is 1.22 bits per heavy atom. The maximum atomic E-state index is 12.7. The third-order valence-corrected chi connectivity index (χ3v) is 5.71. The van der Waals surface area contributed by atoms with Crippen LogP contribution < -0.4 is 0 Å². The van der Waals surface area contributed by atoms with E-state index in [9.17, 15) is 4.79 Å². The second-order valence-electron chi connectivity index (χ2n) is 6.72. The number of hydrogen-bond donors (Lipinski definition) is 0. The first-order valence-corrected chi connectivity index (χ1v) is 9.52. The molecule has 1 amide bonds. The minimum absolute atomic E-state index is 0.206. The lowest BCUT2D eigenvalue weighted by Gasteiger charge is -2.34. The number of aromatic nitrogens is 1. The Morgan fingerprint density at radius 2 is 1.96 bits per heavy atom. The molecule has 0 bridgehead atoms. The molecule has 0 unspecified atom stereocenters. The van der Waals surface area contributed by atoms with Crippen molar-refractivity contribution in [3.8, 4) is 0 Å². The van der Waals surface area contributed by atoms with Crippen LogP contribution >= 0.6 is 11.3 Å². The van der Waals surface area contributed by atoms with Crippen LogP contribution in [0.1, 0.15) is 49.3 Å². The Morgan fingerprint density at radius 3 is 2.57 bits per heavy atom. The van der Waals surface area contributed by atoms with Crippen LogP contribution in [0.4, 0.5) is 0 Å². The van der Waals surface area contributed by atoms with Crippen LogP contribution in [-0.2, 0) is 0 Å². The van der Waals surface area contributed by atoms with Gasteiger partial charge in [-0.05, 0) is 32.9 Å². The van der Waals surface area contributed by atoms with Crippen LogP contribution in [0.2, 0.25) is 0 Å². The van der Waals surface area contributed by atoms with E-state index in [1.54, 1.807) is 11.3 Å². The van der Waals surface area contributed by atoms with E-state index in [0.29, 0.717) is 6.04 Å². The highest BCUT2D eigenvalue weighted by Gasteiger charge is 2.23. The minimum atomic E-state index is 0.206. The third-order valence-electron chi connectivity index (χ3n) is 4.64. The second-order valence-corrected chi connectivity index (χ2v) is 7.80. The van der Waals surface area contributed by atoms with E-state index in [-0.39, 0.29) is 5.91 Å². The van der Waals surface area contributed by atoms with Gasteiger partial charge in [0.2, 0.25) is 0 Å². The van der Waals surface area contributed by atoms with Gasteiger partial charge in [-0.15, -0.1) is 11.3 Å². The van der Waals surface area contributed by atoms with Gasteiger partial charge in [-0.25, -0.2) is 0 Å². The number of amides is 1. The fraction of sp³-hybridized carbons (Fsp3) is 0.611. The number of hydrogen-bond acceptors (Lipinski definition) is 3. The van der Waals surface area contributed by atoms with Crippen LogP contribution in [-0.4, -0.2) is 53.0 Å². The summed E-state index contributed by atoms with van der Waals surface area (Å²) < 4.78 is 3.42. The van der Waals surface area contributed by atoms with Gasteiger partial charge in [0.1, 0.15) is 0 Å². The SMILES string of the molecule is CCCCN1CCN(C(=O)c2cc3cn(C(C)C)cc3s2)CC1. The summed E-state index contributed by atoms with van der Waals surface area (Å²) in [4.78, 5) is 18.1. The summed E-state index contributed by atoms with van der Waals surface area (Å²) in [6.07, 6.45) is 6.80. The fourth-order valence-electron chi connectivity index (χ4n) is 3.07. The molecule has 0 atom stereocenters. The average molecular weight is 334 g/mol. The van der Waals surface area contributed by atoms with Crippen molar-refractivity contribution in [1.82, 2.24) is 14.4 Å². The Labute approximate surface area is 142 Å². The molecule has 0 N–H and O–H groups in total. The zero-order valence-corrected chi connectivity index (χ0v) is 15.2. The number of thiophene rings is 1. The van der Waals surface area contributed by atoms with Crippen molar-refractivity contribution in [1.29, 1.82) is 0 Å². The van der Waals surface area contributed by atoms with Crippen molar-refractivity contribution in [2.45, 2.75) is 39.7 Å². The van der Waals surface area contributed by atoms with Crippen molar-refractivity contribution in [2.75, 3.05) is 32.7 Å². The predicted molar refractivity (Wildman–Crippen MR) is 97.5 cm³/mol. The monoisotopic (exact) mass is 333 g/mol. The van der Waals surface area contributed by atoms with Crippen LogP contribution in [0.25, 0.3) is 10.1 Å². The number of unbranched alkanes of at least 4 members (excludes halogenated alkanes) is 1. The molecule has 3 rings (SSSR count). The van der Waals surface area contributed by atoms with Gasteiger partial charge in [-0.1, -0.05) is 13.3 Å². The normalized spacial score (nSPS) is 16.6. The van der Waals surface area contributed by atoms with E-state index in [0.717, 1.165) is 31.1 Å². The summed E-state index contributed by atoms with van der Waals surface area (Å²) in [6.45, 7) is 11.5. The summed E-state index contributed by atoms with van der Waals surface area (Å²) in [6, 6.07) is 2.52. The summed E-state index contributed by atoms with van der Waals surface area (Å²) in [5.74, 6) is 0.206. The second kappa shape index (κ2) is 7.05. The molecule has 4 nitrogen and oxygen atoms in total. The van der Waals surface area contributed by atoms with Crippen LogP contribution in [0.5, 0.6) is 0 Å². The van der Waals surface area contributed by atoms with Gasteiger partial charge in [0.15, 0.2) is 0 Å². The Hall–Kier alpha value is -1.33. The predicted octanol–water partition coefficient (Wildman–Crippen LogP) is 3.84. The fourth-order valence-corrected chi connectivity index (χ4v) is 4.11. The van der Waals surface area contributed by atoms with Gasteiger partial charge < -0.3 is 9.47 Å². The smallest absolute Gasteiger partial charge is 0.264 e. The van der Waals surface area contributed by atoms with Gasteiger partial charge in [-0.2, -0.15) is 0 Å². The molecular formula is C18H27N3OS. The van der Waals surface area contributed by atoms with Gasteiger partial charge >= 0.3 is 0 Å². The summed E-state index contributed by atoms with van der Waals surface area (Å²) in [5.41, 5.74) is 0. The Bertz CT molecular complexity index is 633. The van der Waals surface area contributed by atoms with Crippen LogP contribution in [0.3, 0.4) is 0 Å². The number of piperazine rings is 1. The van der Waals surface area contributed by atoms with E-state index in [4.69, 9.17) is 0 Å². The average Bonchev–Trinajstić information content (AvgIpc) is 3.11. The molecule has 0 saturated carbocycles. The van der Waals surface area contributed by atoms with Gasteiger partial charge in [0.25, 0.3) is 5.91 Å². The van der Waals surface area contributed by atoms with E-state index in [2.05, 4.69) is 48.7 Å². The molecule has 1 saturated heterocycles. The van der Waals surface area contributed by atoms with Crippen molar-refractivity contribution in [3.63, 3.8) is 0 Å². The third kappa shape index (κ3) is 3.61. The Kier molecular flexibility index (Phi) is 5.07. The summed E-state index contributed by atoms with van der Waals surface area (Å²) in [7, 11) is 0. The Balaban J connectivity index is 1.63. The lowest BCUT2D eigenvalue weighted by molar-refractivity contribution is 0.0640. The van der Waals surface area contributed by atoms with E-state index in [1.165, 1.54) is 29.5 Å². The number of carbonyl (C=O) groups is 1. The zero-order chi connectivity index (χ0) is 16.4. The van der Waals surface area contributed by atoms with Gasteiger partial charge in [0, 0.05) is 50.0 Å². The molecule has 5 heteroatoms. The van der Waals surface area contributed by atoms with E-state index in [1.807, 2.05) is 4.90 Å². The van der Waals surface area contributed by atoms with Gasteiger partial charge in [-0.3, -0.25) is 9.69 Å². The molecule has 0 radical (unpaired) electrons. The maximum absolute atomic E-state index is 12.7. The van der Waals surface area contributed by atoms with Crippen molar-refractivity contribution in [3.05, 3.63) is 23.3 Å². The van der Waals surface area contributed by atoms with E-state index >= 15 is 0 Å². The highest BCUT2D eigenvalue weighted by molar-refractivity contribution is 7.20. The molecule has 1 aliphatic rings. The number of fused-ring (bicyclic) bond motifs is 1. The largest absolute Gasteiger partial charge is 0.350 e. The molecule has 126 valence electrons. The molecule has 0 aromatic carbocycles. The molecule has 0 aliphatic carbocycles. The lowest BCUT2D eigenvalue weighted by atomic mass is 10.2. The molecular weight excluding hydrogens is 306 g/mol. The van der Waals surface area contributed by atoms with Gasteiger partial charge in [0.05, 0.1) is 9.58 Å². The van der Waals surface area contributed by atoms with Crippen molar-refractivity contribution >= 4 is 27.3 Å². The number of carbonyl (C=O) groups excluding carboxylic acids is 1. The number of rotatable bonds is 5. The first-order valence-electron chi connectivity index (χ1n) is 8.71. The highest BCUT2D eigenvalue weighted by atomic mass is 32.1. The van der Waals surface area contributed by atoms with E-state index < -0.39 is 0 Å². The molecule has 1 fully saturated rings. The molecule has 2 aromatic rings. The molecule has 23 heavy (non-hydrogen) atoms. The highest BCUT2D eigenvalue weighted by Crippen LogP contribution is 2.29. The first-order chi connectivity index (χ1) is 11.1. The molecule has 3 heterocycles. The maximum Gasteiger partial charge on any atom is 0.264 e. The quantitative estimate of drug-likeness (QED) is 0.832. The standard InChI is InChI=1S/C18H27N3OS/c1-4-5-6-19-7-9-20(10-8-19)18(22)16-11-15-12-21(14(2)3)13-17(15)23-16/h11-14H,4-10H2,1-3H3. The first kappa shape index (κ1) is 16.5. The minimum Gasteiger partial charge on any atom is -0.350 e. The van der Waals surface area contributed by atoms with Crippen molar-refractivity contribution in [2.24, 2.45) is 0 Å². The van der Waals surface area contributed by atoms with Crippen LogP contribution in [0.15, 0.2) is 18.5 Å².